The number of nitrogens with zero attached hydrogens (tertiary/aromatic N) is 1. The first-order valence-corrected chi connectivity index (χ1v) is 6.99. The van der Waals surface area contributed by atoms with Gasteiger partial charge in [0.05, 0.1) is 16.6 Å². The number of benzene rings is 1. The van der Waals surface area contributed by atoms with E-state index in [9.17, 15) is 18.0 Å². The summed E-state index contributed by atoms with van der Waals surface area (Å²) in [7, 11) is 0. The van der Waals surface area contributed by atoms with Gasteiger partial charge in [0.1, 0.15) is 0 Å². The number of aromatic nitrogens is 1. The fourth-order valence-corrected chi connectivity index (χ4v) is 2.14. The predicted octanol–water partition coefficient (Wildman–Crippen LogP) is 4.64. The molecule has 0 radical (unpaired) electrons. The van der Waals surface area contributed by atoms with Crippen LogP contribution in [0.4, 0.5) is 23.7 Å². The molecule has 0 bridgehead atoms. The second kappa shape index (κ2) is 6.87. The standard InChI is InChI=1S/C15H13ClF3N3O/c1-9(10-4-6-20-7-5-10)21-14(23)22-11-2-3-13(16)12(8-11)15(17,18)19/h2-9H,1H3,(H2,21,22,23). The molecule has 2 N–H and O–H groups in total. The average molecular weight is 344 g/mol. The zero-order valence-corrected chi connectivity index (χ0v) is 12.7. The van der Waals surface area contributed by atoms with Crippen molar-refractivity contribution in [3.63, 3.8) is 0 Å². The molecule has 23 heavy (non-hydrogen) atoms. The highest BCUT2D eigenvalue weighted by Crippen LogP contribution is 2.36. The summed E-state index contributed by atoms with van der Waals surface area (Å²) in [6.07, 6.45) is -1.42. The fourth-order valence-electron chi connectivity index (χ4n) is 1.92. The third-order valence-electron chi connectivity index (χ3n) is 3.08. The minimum atomic E-state index is -4.59. The molecule has 0 saturated carbocycles. The Morgan fingerprint density at radius 2 is 1.87 bits per heavy atom. The van der Waals surface area contributed by atoms with Gasteiger partial charge >= 0.3 is 12.2 Å². The van der Waals surface area contributed by atoms with E-state index < -0.39 is 22.8 Å². The SMILES string of the molecule is CC(NC(=O)Nc1ccc(Cl)c(C(F)(F)F)c1)c1ccncc1. The van der Waals surface area contributed by atoms with Crippen LogP contribution in [0.5, 0.6) is 0 Å². The molecular formula is C15H13ClF3N3O. The number of nitrogens with one attached hydrogen (secondary N) is 2. The van der Waals surface area contributed by atoms with Crippen molar-refractivity contribution in [2.45, 2.75) is 19.1 Å². The summed E-state index contributed by atoms with van der Waals surface area (Å²) in [5.74, 6) is 0. The molecule has 122 valence electrons. The number of rotatable bonds is 3. The second-order valence-electron chi connectivity index (χ2n) is 4.79. The minimum absolute atomic E-state index is 0.00107. The second-order valence-corrected chi connectivity index (χ2v) is 5.20. The van der Waals surface area contributed by atoms with Gasteiger partial charge in [0.2, 0.25) is 0 Å². The number of hydrogen-bond acceptors (Lipinski definition) is 2. The van der Waals surface area contributed by atoms with Crippen LogP contribution in [0.3, 0.4) is 0 Å². The van der Waals surface area contributed by atoms with Gasteiger partial charge in [-0.2, -0.15) is 13.2 Å². The van der Waals surface area contributed by atoms with Gasteiger partial charge < -0.3 is 10.6 Å². The molecule has 0 saturated heterocycles. The van der Waals surface area contributed by atoms with Crippen molar-refractivity contribution in [2.75, 3.05) is 5.32 Å². The Hall–Kier alpha value is -2.28. The van der Waals surface area contributed by atoms with Crippen molar-refractivity contribution in [1.82, 2.24) is 10.3 Å². The highest BCUT2D eigenvalue weighted by molar-refractivity contribution is 6.31. The molecule has 1 unspecified atom stereocenters. The van der Waals surface area contributed by atoms with Gasteiger partial charge in [-0.05, 0) is 42.8 Å². The van der Waals surface area contributed by atoms with E-state index in [1.54, 1.807) is 31.5 Å². The summed E-state index contributed by atoms with van der Waals surface area (Å²) in [5.41, 5.74) is -0.178. The molecule has 1 aromatic heterocycles. The first-order chi connectivity index (χ1) is 10.8. The van der Waals surface area contributed by atoms with Gasteiger partial charge in [0.25, 0.3) is 0 Å². The van der Waals surface area contributed by atoms with Crippen molar-refractivity contribution < 1.29 is 18.0 Å². The van der Waals surface area contributed by atoms with Gasteiger partial charge in [-0.25, -0.2) is 4.79 Å². The van der Waals surface area contributed by atoms with E-state index in [4.69, 9.17) is 11.6 Å². The molecule has 2 amide bonds. The van der Waals surface area contributed by atoms with Crippen LogP contribution in [0.2, 0.25) is 5.02 Å². The highest BCUT2D eigenvalue weighted by Gasteiger charge is 2.33. The Kier molecular flexibility index (Phi) is 5.10. The summed E-state index contributed by atoms with van der Waals surface area (Å²) in [4.78, 5) is 15.8. The Morgan fingerprint density at radius 3 is 2.48 bits per heavy atom. The first-order valence-electron chi connectivity index (χ1n) is 6.61. The maximum absolute atomic E-state index is 12.8. The smallest absolute Gasteiger partial charge is 0.331 e. The monoisotopic (exact) mass is 343 g/mol. The average Bonchev–Trinajstić information content (AvgIpc) is 2.49. The Bertz CT molecular complexity index is 692. The zero-order chi connectivity index (χ0) is 17.0. The van der Waals surface area contributed by atoms with E-state index in [-0.39, 0.29) is 11.7 Å². The number of alkyl halides is 3. The van der Waals surface area contributed by atoms with Crippen LogP contribution in [0.1, 0.15) is 24.1 Å². The van der Waals surface area contributed by atoms with Crippen LogP contribution in [-0.2, 0) is 6.18 Å². The molecule has 0 aliphatic carbocycles. The number of pyridine rings is 1. The van der Waals surface area contributed by atoms with E-state index in [2.05, 4.69) is 15.6 Å². The summed E-state index contributed by atoms with van der Waals surface area (Å²) >= 11 is 5.53. The molecule has 2 rings (SSSR count). The number of amides is 2. The van der Waals surface area contributed by atoms with Crippen LogP contribution in [-0.4, -0.2) is 11.0 Å². The zero-order valence-electron chi connectivity index (χ0n) is 12.0. The Morgan fingerprint density at radius 1 is 1.22 bits per heavy atom. The van der Waals surface area contributed by atoms with E-state index in [1.165, 1.54) is 6.07 Å². The van der Waals surface area contributed by atoms with Gasteiger partial charge in [-0.3, -0.25) is 4.98 Å². The number of urea groups is 1. The van der Waals surface area contributed by atoms with Gasteiger partial charge in [0.15, 0.2) is 0 Å². The number of carbonyl (C=O) groups excluding carboxylic acids is 1. The fraction of sp³-hybridized carbons (Fsp3) is 0.200. The lowest BCUT2D eigenvalue weighted by Crippen LogP contribution is -2.31. The number of anilines is 1. The van der Waals surface area contributed by atoms with Crippen LogP contribution < -0.4 is 10.6 Å². The van der Waals surface area contributed by atoms with Crippen molar-refractivity contribution in [3.05, 3.63) is 58.9 Å². The molecule has 0 fully saturated rings. The number of hydrogen-bond donors (Lipinski definition) is 2. The van der Waals surface area contributed by atoms with E-state index in [0.29, 0.717) is 0 Å². The summed E-state index contributed by atoms with van der Waals surface area (Å²) < 4.78 is 38.3. The maximum atomic E-state index is 12.8. The van der Waals surface area contributed by atoms with E-state index in [0.717, 1.165) is 17.7 Å². The number of halogens is 4. The lowest BCUT2D eigenvalue weighted by Gasteiger charge is -2.16. The van der Waals surface area contributed by atoms with Crippen LogP contribution in [0.25, 0.3) is 0 Å². The summed E-state index contributed by atoms with van der Waals surface area (Å²) in [5, 5.41) is 4.56. The quantitative estimate of drug-likeness (QED) is 0.853. The third-order valence-corrected chi connectivity index (χ3v) is 3.41. The molecular weight excluding hydrogens is 331 g/mol. The lowest BCUT2D eigenvalue weighted by atomic mass is 10.1. The van der Waals surface area contributed by atoms with Crippen molar-refractivity contribution in [1.29, 1.82) is 0 Å². The normalized spacial score (nSPS) is 12.6. The highest BCUT2D eigenvalue weighted by atomic mass is 35.5. The molecule has 2 aromatic rings. The Labute approximate surface area is 135 Å². The van der Waals surface area contributed by atoms with Crippen LogP contribution in [0, 0.1) is 0 Å². The van der Waals surface area contributed by atoms with Gasteiger partial charge in [-0.15, -0.1) is 0 Å². The van der Waals surface area contributed by atoms with E-state index >= 15 is 0 Å². The molecule has 8 heteroatoms. The Balaban J connectivity index is 2.06. The number of carbonyl (C=O) groups is 1. The van der Waals surface area contributed by atoms with Crippen molar-refractivity contribution in [2.24, 2.45) is 0 Å². The van der Waals surface area contributed by atoms with E-state index in [1.807, 2.05) is 0 Å². The van der Waals surface area contributed by atoms with Crippen molar-refractivity contribution >= 4 is 23.3 Å². The summed E-state index contributed by atoms with van der Waals surface area (Å²) in [6.45, 7) is 1.75. The van der Waals surface area contributed by atoms with Gasteiger partial charge in [-0.1, -0.05) is 11.6 Å². The predicted molar refractivity (Wildman–Crippen MR) is 81.3 cm³/mol. The molecule has 0 aliphatic heterocycles. The molecule has 0 spiro atoms. The molecule has 1 heterocycles. The largest absolute Gasteiger partial charge is 0.417 e. The topological polar surface area (TPSA) is 54.0 Å². The summed E-state index contributed by atoms with van der Waals surface area (Å²) in [6, 6.07) is 5.70. The van der Waals surface area contributed by atoms with Crippen LogP contribution >= 0.6 is 11.6 Å². The maximum Gasteiger partial charge on any atom is 0.417 e. The lowest BCUT2D eigenvalue weighted by molar-refractivity contribution is -0.137. The third kappa shape index (κ3) is 4.59. The molecule has 1 aromatic carbocycles. The first kappa shape index (κ1) is 17.1. The van der Waals surface area contributed by atoms with Crippen molar-refractivity contribution in [3.8, 4) is 0 Å². The van der Waals surface area contributed by atoms with Gasteiger partial charge in [0, 0.05) is 18.1 Å². The molecule has 1 atom stereocenters. The van der Waals surface area contributed by atoms with Crippen LogP contribution in [0.15, 0.2) is 42.7 Å². The molecule has 4 nitrogen and oxygen atoms in total. The minimum Gasteiger partial charge on any atom is -0.331 e. The molecule has 0 aliphatic rings.